The number of carboxylic acid groups (broad SMARTS) is 1. The summed E-state index contributed by atoms with van der Waals surface area (Å²) in [6.07, 6.45) is -3.19. The minimum Gasteiger partial charge on any atom is -0.475 e. The lowest BCUT2D eigenvalue weighted by molar-refractivity contribution is -0.192. The maximum Gasteiger partial charge on any atom is 0.490 e. The summed E-state index contributed by atoms with van der Waals surface area (Å²) in [4.78, 5) is 110. The number of benzene rings is 2. The van der Waals surface area contributed by atoms with Crippen LogP contribution >= 0.6 is 0 Å². The Morgan fingerprint density at radius 1 is 0.758 bits per heavy atom. The Hall–Kier alpha value is -7.33. The number of hydrogen-bond acceptors (Lipinski definition) is 12. The number of Topliss-reactive ketones (excluding diaryl/α,β-unsaturated/α-hetero) is 1. The molecule has 2 heterocycles. The number of rotatable bonds is 20. The van der Waals surface area contributed by atoms with Crippen LogP contribution in [0.5, 0.6) is 0 Å². The number of alkyl carbamates (subject to hydrolysis) is 1. The van der Waals surface area contributed by atoms with Gasteiger partial charge in [-0.15, -0.1) is 0 Å². The number of methoxy groups -OCH3 is 2. The molecule has 4 aromatic rings. The Bertz CT molecular complexity index is 2150. The highest BCUT2D eigenvalue weighted by atomic mass is 19.4. The van der Waals surface area contributed by atoms with Gasteiger partial charge in [0.05, 0.1) is 27.0 Å². The Kier molecular flexibility index (Phi) is 19.0. The molecule has 19 nitrogen and oxygen atoms in total. The minimum absolute atomic E-state index is 0.0450. The molecule has 0 saturated heterocycles. The van der Waals surface area contributed by atoms with Gasteiger partial charge in [0.25, 0.3) is 0 Å². The van der Waals surface area contributed by atoms with Crippen LogP contribution in [-0.4, -0.2) is 119 Å². The number of ether oxygens (including phenoxy) is 3. The van der Waals surface area contributed by atoms with Gasteiger partial charge in [0, 0.05) is 48.3 Å². The van der Waals surface area contributed by atoms with E-state index in [1.54, 1.807) is 36.5 Å². The Balaban J connectivity index is 0.00000134. The van der Waals surface area contributed by atoms with Gasteiger partial charge in [-0.05, 0) is 23.6 Å². The number of fused-ring (bicyclic) bond motifs is 1. The number of para-hydroxylation sites is 1. The summed E-state index contributed by atoms with van der Waals surface area (Å²) in [5, 5.41) is 17.9. The number of halogens is 4. The normalized spacial score (nSPS) is 12.8. The summed E-state index contributed by atoms with van der Waals surface area (Å²) in [5.74, 6) is -8.20. The number of ketones is 1. The summed E-state index contributed by atoms with van der Waals surface area (Å²) in [6.45, 7) is -1.58. The molecule has 0 aliphatic rings. The van der Waals surface area contributed by atoms with Crippen molar-refractivity contribution < 1.29 is 75.2 Å². The molecule has 2 aromatic heterocycles. The number of amides is 4. The first-order valence-electron chi connectivity index (χ1n) is 18.4. The van der Waals surface area contributed by atoms with Gasteiger partial charge in [-0.1, -0.05) is 48.5 Å². The third kappa shape index (κ3) is 16.0. The summed E-state index contributed by atoms with van der Waals surface area (Å²) >= 11 is 0. The molecule has 0 spiro atoms. The number of aliphatic carboxylic acids is 1. The van der Waals surface area contributed by atoms with Gasteiger partial charge in [-0.3, -0.25) is 28.8 Å². The third-order valence-corrected chi connectivity index (χ3v) is 8.71. The lowest BCUT2D eigenvalue weighted by Crippen LogP contribution is -2.58. The van der Waals surface area contributed by atoms with Crippen LogP contribution in [0.1, 0.15) is 36.1 Å². The van der Waals surface area contributed by atoms with Gasteiger partial charge >= 0.3 is 30.2 Å². The molecule has 0 radical (unpaired) electrons. The van der Waals surface area contributed by atoms with Crippen molar-refractivity contribution in [1.82, 2.24) is 36.2 Å². The second kappa shape index (κ2) is 24.1. The van der Waals surface area contributed by atoms with Crippen molar-refractivity contribution in [3.8, 4) is 0 Å². The highest BCUT2D eigenvalue weighted by Gasteiger charge is 2.38. The van der Waals surface area contributed by atoms with Crippen molar-refractivity contribution in [2.24, 2.45) is 0 Å². The average Bonchev–Trinajstić information content (AvgIpc) is 3.93. The van der Waals surface area contributed by atoms with Crippen LogP contribution in [0.3, 0.4) is 0 Å². The standard InChI is InChI=1S/C37H42FN7O10.C2HF3O2/c1-53-32(47)13-12-27(34(49)44-30(15-24-19-39-21-41-24)36(51)43-28(31(46)17-38)16-33(48)54-2)42-35(50)29(14-23-18-40-26-11-7-6-10-25(23)26)45-37(52)55-20-22-8-4-3-5-9-22;3-2(4,5)1(6)7/h3-11,18-19,21,27-30,40H,12-17,20H2,1-2H3,(H,39,41)(H,42,50)(H,43,51)(H,44,49)(H,45,52);(H,6,7)/t27-,28-,29-,30-;/m0./s1. The third-order valence-electron chi connectivity index (χ3n) is 8.71. The van der Waals surface area contributed by atoms with E-state index in [1.807, 2.05) is 24.3 Å². The number of H-pyrrole nitrogens is 2. The van der Waals surface area contributed by atoms with Gasteiger partial charge in [0.2, 0.25) is 17.7 Å². The largest absolute Gasteiger partial charge is 0.490 e. The van der Waals surface area contributed by atoms with Crippen molar-refractivity contribution >= 4 is 58.4 Å². The fourth-order valence-electron chi connectivity index (χ4n) is 5.50. The van der Waals surface area contributed by atoms with Crippen molar-refractivity contribution in [3.05, 3.63) is 90.1 Å². The molecule has 7 N–H and O–H groups in total. The van der Waals surface area contributed by atoms with Crippen molar-refractivity contribution in [1.29, 1.82) is 0 Å². The zero-order valence-electron chi connectivity index (χ0n) is 33.1. The number of nitrogens with one attached hydrogen (secondary N) is 6. The van der Waals surface area contributed by atoms with Crippen molar-refractivity contribution in [2.75, 3.05) is 20.9 Å². The first-order chi connectivity index (χ1) is 29.4. The second-order valence-electron chi connectivity index (χ2n) is 13.1. The molecule has 0 unspecified atom stereocenters. The van der Waals surface area contributed by atoms with Crippen LogP contribution < -0.4 is 21.3 Å². The van der Waals surface area contributed by atoms with E-state index in [4.69, 9.17) is 19.4 Å². The van der Waals surface area contributed by atoms with Crippen molar-refractivity contribution in [3.63, 3.8) is 0 Å². The first-order valence-corrected chi connectivity index (χ1v) is 18.4. The zero-order valence-corrected chi connectivity index (χ0v) is 33.1. The fourth-order valence-corrected chi connectivity index (χ4v) is 5.50. The van der Waals surface area contributed by atoms with Crippen LogP contribution in [0.15, 0.2) is 73.3 Å². The van der Waals surface area contributed by atoms with Gasteiger partial charge in [-0.2, -0.15) is 13.2 Å². The summed E-state index contributed by atoms with van der Waals surface area (Å²) in [7, 11) is 2.20. The number of carbonyl (C=O) groups is 8. The second-order valence-corrected chi connectivity index (χ2v) is 13.1. The smallest absolute Gasteiger partial charge is 0.475 e. The number of nitrogens with zero attached hydrogens (tertiary/aromatic N) is 1. The van der Waals surface area contributed by atoms with E-state index in [9.17, 15) is 51.1 Å². The molecule has 2 aromatic carbocycles. The molecule has 0 saturated carbocycles. The molecule has 334 valence electrons. The molecule has 4 amide bonds. The molecule has 0 aliphatic carbocycles. The minimum atomic E-state index is -5.08. The van der Waals surface area contributed by atoms with Crippen molar-refractivity contribution in [2.45, 2.75) is 69.1 Å². The van der Waals surface area contributed by atoms with E-state index in [1.165, 1.54) is 12.5 Å². The van der Waals surface area contributed by atoms with E-state index < -0.39 is 90.9 Å². The van der Waals surface area contributed by atoms with Gasteiger partial charge in [0.15, 0.2) is 5.78 Å². The number of carbonyl (C=O) groups excluding carboxylic acids is 7. The molecular formula is C39H43F4N7O12. The molecule has 0 aliphatic heterocycles. The predicted molar refractivity (Wildman–Crippen MR) is 206 cm³/mol. The van der Waals surface area contributed by atoms with E-state index in [0.29, 0.717) is 16.8 Å². The number of carboxylic acids is 1. The van der Waals surface area contributed by atoms with Crippen LogP contribution in [0.2, 0.25) is 0 Å². The Morgan fingerprint density at radius 3 is 1.94 bits per heavy atom. The highest BCUT2D eigenvalue weighted by Crippen LogP contribution is 2.20. The molecule has 62 heavy (non-hydrogen) atoms. The summed E-state index contributed by atoms with van der Waals surface area (Å²) < 4.78 is 59.8. The molecule has 23 heteroatoms. The molecule has 0 bridgehead atoms. The topological polar surface area (TPSA) is 277 Å². The predicted octanol–water partition coefficient (Wildman–Crippen LogP) is 2.11. The maximum atomic E-state index is 14.0. The molecular weight excluding hydrogens is 834 g/mol. The Labute approximate surface area is 349 Å². The van der Waals surface area contributed by atoms with Crippen LogP contribution in [0.25, 0.3) is 10.9 Å². The zero-order chi connectivity index (χ0) is 45.8. The van der Waals surface area contributed by atoms with Gasteiger partial charge in [0.1, 0.15) is 37.4 Å². The number of aromatic nitrogens is 3. The molecule has 4 atom stereocenters. The summed E-state index contributed by atoms with van der Waals surface area (Å²) in [6, 6.07) is 10.3. The van der Waals surface area contributed by atoms with Gasteiger partial charge < -0.3 is 50.6 Å². The monoisotopic (exact) mass is 877 g/mol. The average molecular weight is 878 g/mol. The SMILES string of the molecule is COC(=O)CC[C@H](NC(=O)[C@H](Cc1c[nH]c2ccccc12)NC(=O)OCc1ccccc1)C(=O)N[C@@H](Cc1cnc[nH]1)C(=O)N[C@@H](CC(=O)OC)C(=O)CF.O=C(O)C(F)(F)F. The highest BCUT2D eigenvalue weighted by molar-refractivity contribution is 5.97. The number of alkyl halides is 4. The lowest BCUT2D eigenvalue weighted by atomic mass is 10.0. The van der Waals surface area contributed by atoms with E-state index in [2.05, 4.69) is 41.0 Å². The number of imidazole rings is 1. The van der Waals surface area contributed by atoms with E-state index >= 15 is 0 Å². The van der Waals surface area contributed by atoms with E-state index in [-0.39, 0.29) is 32.3 Å². The number of esters is 2. The summed E-state index contributed by atoms with van der Waals surface area (Å²) in [5.41, 5.74) is 2.51. The van der Waals surface area contributed by atoms with Crippen LogP contribution in [0, 0.1) is 0 Å². The first kappa shape index (κ1) is 49.0. The number of aromatic amines is 2. The number of hydrogen-bond donors (Lipinski definition) is 7. The van der Waals surface area contributed by atoms with E-state index in [0.717, 1.165) is 25.1 Å². The maximum absolute atomic E-state index is 14.0. The fraction of sp³-hybridized carbons (Fsp3) is 0.359. The molecule has 4 rings (SSSR count). The Morgan fingerprint density at radius 2 is 1.34 bits per heavy atom. The van der Waals surface area contributed by atoms with Crippen LogP contribution in [0.4, 0.5) is 22.4 Å². The quantitative estimate of drug-likeness (QED) is 0.0381. The van der Waals surface area contributed by atoms with Crippen LogP contribution in [-0.2, 0) is 67.2 Å². The lowest BCUT2D eigenvalue weighted by Gasteiger charge is -2.26. The van der Waals surface area contributed by atoms with Gasteiger partial charge in [-0.25, -0.2) is 19.0 Å². The molecule has 0 fully saturated rings.